The van der Waals surface area contributed by atoms with Crippen molar-refractivity contribution in [1.82, 2.24) is 15.2 Å². The molecule has 1 aromatic heterocycles. The van der Waals surface area contributed by atoms with Gasteiger partial charge in [-0.15, -0.1) is 5.10 Å². The number of rotatable bonds is 5. The summed E-state index contributed by atoms with van der Waals surface area (Å²) < 4.78 is 0. The van der Waals surface area contributed by atoms with Crippen molar-refractivity contribution in [3.8, 4) is 0 Å². The number of para-hydroxylation sites is 1. The second kappa shape index (κ2) is 7.30. The molecule has 0 radical (unpaired) electrons. The zero-order valence-electron chi connectivity index (χ0n) is 14.6. The standard InChI is InChI=1S/C20H20ClN5/c1-14-12-16-4-2-3-5-18(16)26(14)20-24-19(13-23-25-20)22-11-10-15-6-8-17(21)9-7-15/h2-9,13-14H,10-12H2,1H3,(H,22,24,25). The van der Waals surface area contributed by atoms with Crippen molar-refractivity contribution in [3.05, 3.63) is 70.9 Å². The van der Waals surface area contributed by atoms with Gasteiger partial charge in [0.15, 0.2) is 5.82 Å². The lowest BCUT2D eigenvalue weighted by atomic mass is 10.1. The van der Waals surface area contributed by atoms with Crippen molar-refractivity contribution >= 4 is 29.1 Å². The summed E-state index contributed by atoms with van der Waals surface area (Å²) in [4.78, 5) is 6.83. The maximum atomic E-state index is 5.92. The quantitative estimate of drug-likeness (QED) is 0.732. The lowest BCUT2D eigenvalue weighted by molar-refractivity contribution is 0.729. The summed E-state index contributed by atoms with van der Waals surface area (Å²) >= 11 is 5.92. The van der Waals surface area contributed by atoms with E-state index in [-0.39, 0.29) is 0 Å². The average Bonchev–Trinajstić information content (AvgIpc) is 2.99. The van der Waals surface area contributed by atoms with Gasteiger partial charge in [-0.2, -0.15) is 10.1 Å². The van der Waals surface area contributed by atoms with Crippen LogP contribution in [0.1, 0.15) is 18.1 Å². The maximum Gasteiger partial charge on any atom is 0.252 e. The molecule has 1 aliphatic heterocycles. The fourth-order valence-electron chi connectivity index (χ4n) is 3.34. The number of hydrogen-bond donors (Lipinski definition) is 1. The first-order valence-corrected chi connectivity index (χ1v) is 9.14. The Bertz CT molecular complexity index is 897. The minimum absolute atomic E-state index is 0.318. The first-order valence-electron chi connectivity index (χ1n) is 8.76. The van der Waals surface area contributed by atoms with Crippen molar-refractivity contribution in [1.29, 1.82) is 0 Å². The van der Waals surface area contributed by atoms with E-state index >= 15 is 0 Å². The van der Waals surface area contributed by atoms with Gasteiger partial charge in [0.1, 0.15) is 0 Å². The Labute approximate surface area is 158 Å². The van der Waals surface area contributed by atoms with Crippen LogP contribution in [0.4, 0.5) is 17.5 Å². The predicted molar refractivity (Wildman–Crippen MR) is 105 cm³/mol. The Hall–Kier alpha value is -2.66. The van der Waals surface area contributed by atoms with E-state index in [4.69, 9.17) is 11.6 Å². The number of anilines is 3. The van der Waals surface area contributed by atoms with Gasteiger partial charge in [0, 0.05) is 23.3 Å². The second-order valence-corrected chi connectivity index (χ2v) is 6.93. The highest BCUT2D eigenvalue weighted by Gasteiger charge is 2.29. The molecule has 1 N–H and O–H groups in total. The van der Waals surface area contributed by atoms with Crippen LogP contribution in [0, 0.1) is 0 Å². The van der Waals surface area contributed by atoms with Crippen molar-refractivity contribution < 1.29 is 0 Å². The largest absolute Gasteiger partial charge is 0.368 e. The molecule has 1 aliphatic rings. The molecule has 1 unspecified atom stereocenters. The van der Waals surface area contributed by atoms with Crippen LogP contribution < -0.4 is 10.2 Å². The van der Waals surface area contributed by atoms with Crippen LogP contribution in [0.3, 0.4) is 0 Å². The summed E-state index contributed by atoms with van der Waals surface area (Å²) in [6.45, 7) is 2.95. The Morgan fingerprint density at radius 1 is 1.15 bits per heavy atom. The molecule has 6 heteroatoms. The van der Waals surface area contributed by atoms with Crippen LogP contribution >= 0.6 is 11.6 Å². The van der Waals surface area contributed by atoms with E-state index in [1.54, 1.807) is 6.20 Å². The normalized spacial score (nSPS) is 15.8. The van der Waals surface area contributed by atoms with Crippen molar-refractivity contribution in [3.63, 3.8) is 0 Å². The summed E-state index contributed by atoms with van der Waals surface area (Å²) in [5.74, 6) is 1.37. The Morgan fingerprint density at radius 3 is 2.81 bits per heavy atom. The van der Waals surface area contributed by atoms with Crippen LogP contribution in [0.25, 0.3) is 0 Å². The SMILES string of the molecule is CC1Cc2ccccc2N1c1nncc(NCCc2ccc(Cl)cc2)n1. The van der Waals surface area contributed by atoms with Gasteiger partial charge in [-0.05, 0) is 49.1 Å². The molecule has 0 saturated carbocycles. The molecule has 0 amide bonds. The average molecular weight is 366 g/mol. The molecular weight excluding hydrogens is 346 g/mol. The summed E-state index contributed by atoms with van der Waals surface area (Å²) in [5, 5.41) is 12.5. The second-order valence-electron chi connectivity index (χ2n) is 6.50. The third-order valence-electron chi connectivity index (χ3n) is 4.60. The number of benzene rings is 2. The fraction of sp³-hybridized carbons (Fsp3) is 0.250. The van der Waals surface area contributed by atoms with Crippen molar-refractivity contribution in [2.45, 2.75) is 25.8 Å². The molecule has 2 heterocycles. The molecule has 4 rings (SSSR count). The highest BCUT2D eigenvalue weighted by atomic mass is 35.5. The molecule has 0 spiro atoms. The maximum absolute atomic E-state index is 5.92. The molecule has 0 fully saturated rings. The monoisotopic (exact) mass is 365 g/mol. The fourth-order valence-corrected chi connectivity index (χ4v) is 3.46. The van der Waals surface area contributed by atoms with Gasteiger partial charge in [-0.25, -0.2) is 0 Å². The van der Waals surface area contributed by atoms with E-state index in [2.05, 4.69) is 50.5 Å². The number of nitrogens with one attached hydrogen (secondary N) is 1. The lowest BCUT2D eigenvalue weighted by Crippen LogP contribution is -2.26. The topological polar surface area (TPSA) is 53.9 Å². The Morgan fingerprint density at radius 2 is 1.96 bits per heavy atom. The molecule has 0 bridgehead atoms. The smallest absolute Gasteiger partial charge is 0.252 e. The Kier molecular flexibility index (Phi) is 4.71. The van der Waals surface area contributed by atoms with Crippen molar-refractivity contribution in [2.24, 2.45) is 0 Å². The van der Waals surface area contributed by atoms with Crippen LogP contribution in [0.15, 0.2) is 54.7 Å². The summed E-state index contributed by atoms with van der Waals surface area (Å²) in [7, 11) is 0. The van der Waals surface area contributed by atoms with Gasteiger partial charge in [0.05, 0.1) is 6.20 Å². The number of fused-ring (bicyclic) bond motifs is 1. The molecule has 0 saturated heterocycles. The number of nitrogens with zero attached hydrogens (tertiary/aromatic N) is 4. The molecular formula is C20H20ClN5. The van der Waals surface area contributed by atoms with E-state index in [9.17, 15) is 0 Å². The van der Waals surface area contributed by atoms with Crippen LogP contribution in [0.2, 0.25) is 5.02 Å². The van der Waals surface area contributed by atoms with Gasteiger partial charge in [-0.1, -0.05) is 41.9 Å². The van der Waals surface area contributed by atoms with Gasteiger partial charge < -0.3 is 10.2 Å². The molecule has 5 nitrogen and oxygen atoms in total. The minimum atomic E-state index is 0.318. The number of halogens is 1. The molecule has 132 valence electrons. The molecule has 26 heavy (non-hydrogen) atoms. The van der Waals surface area contributed by atoms with Gasteiger partial charge in [-0.3, -0.25) is 0 Å². The first-order chi connectivity index (χ1) is 12.7. The highest BCUT2D eigenvalue weighted by molar-refractivity contribution is 6.30. The molecule has 1 atom stereocenters. The van der Waals surface area contributed by atoms with Gasteiger partial charge in [0.25, 0.3) is 5.95 Å². The van der Waals surface area contributed by atoms with Crippen LogP contribution in [-0.4, -0.2) is 27.8 Å². The lowest BCUT2D eigenvalue weighted by Gasteiger charge is -2.22. The Balaban J connectivity index is 1.46. The van der Waals surface area contributed by atoms with Gasteiger partial charge in [0.2, 0.25) is 0 Å². The minimum Gasteiger partial charge on any atom is -0.368 e. The van der Waals surface area contributed by atoms with E-state index < -0.39 is 0 Å². The van der Waals surface area contributed by atoms with Crippen LogP contribution in [-0.2, 0) is 12.8 Å². The highest BCUT2D eigenvalue weighted by Crippen LogP contribution is 2.36. The van der Waals surface area contributed by atoms with Crippen molar-refractivity contribution in [2.75, 3.05) is 16.8 Å². The number of hydrogen-bond acceptors (Lipinski definition) is 5. The van der Waals surface area contributed by atoms with E-state index in [1.807, 2.05) is 30.3 Å². The van der Waals surface area contributed by atoms with Crippen LogP contribution in [0.5, 0.6) is 0 Å². The van der Waals surface area contributed by atoms with Gasteiger partial charge >= 0.3 is 0 Å². The molecule has 0 aliphatic carbocycles. The zero-order chi connectivity index (χ0) is 17.9. The zero-order valence-corrected chi connectivity index (χ0v) is 15.3. The van der Waals surface area contributed by atoms with E-state index in [0.29, 0.717) is 12.0 Å². The first kappa shape index (κ1) is 16.8. The predicted octanol–water partition coefficient (Wildman–Crippen LogP) is 4.26. The third-order valence-corrected chi connectivity index (χ3v) is 4.86. The van der Waals surface area contributed by atoms with E-state index in [1.165, 1.54) is 16.8 Å². The third kappa shape index (κ3) is 3.48. The summed E-state index contributed by atoms with van der Waals surface area (Å²) in [6, 6.07) is 16.6. The summed E-state index contributed by atoms with van der Waals surface area (Å²) in [6.07, 6.45) is 3.55. The number of aromatic nitrogens is 3. The molecule has 2 aromatic carbocycles. The molecule has 3 aromatic rings. The summed E-state index contributed by atoms with van der Waals surface area (Å²) in [5.41, 5.74) is 3.72. The van der Waals surface area contributed by atoms with E-state index in [0.717, 1.165) is 30.2 Å².